The maximum Gasteiger partial charge on any atom is 0.152 e. The fourth-order valence-corrected chi connectivity index (χ4v) is 4.31. The molecule has 0 amide bonds. The van der Waals surface area contributed by atoms with Gasteiger partial charge in [0.05, 0.1) is 11.9 Å². The van der Waals surface area contributed by atoms with Crippen LogP contribution in [0.3, 0.4) is 0 Å². The molecule has 1 aliphatic rings. The molecule has 2 atom stereocenters. The first kappa shape index (κ1) is 14.7. The van der Waals surface area contributed by atoms with Gasteiger partial charge in [-0.05, 0) is 38.7 Å². The Morgan fingerprint density at radius 3 is 2.71 bits per heavy atom. The highest BCUT2D eigenvalue weighted by atomic mass is 32.1. The number of nitrogens with two attached hydrogens (primary N) is 1. The monoisotopic (exact) mass is 305 g/mol. The van der Waals surface area contributed by atoms with Crippen molar-refractivity contribution in [1.29, 1.82) is 0 Å². The highest BCUT2D eigenvalue weighted by Gasteiger charge is 2.27. The van der Waals surface area contributed by atoms with E-state index < -0.39 is 0 Å². The summed E-state index contributed by atoms with van der Waals surface area (Å²) in [5.74, 6) is 8.03. The van der Waals surface area contributed by atoms with E-state index in [1.54, 1.807) is 11.3 Å². The molecule has 0 bridgehead atoms. The summed E-state index contributed by atoms with van der Waals surface area (Å²) in [6, 6.07) is 0.598. The van der Waals surface area contributed by atoms with Crippen molar-refractivity contribution in [2.24, 2.45) is 11.8 Å². The van der Waals surface area contributed by atoms with Crippen molar-refractivity contribution in [3.8, 4) is 0 Å². The number of nitrogens with one attached hydrogen (secondary N) is 1. The Hall–Kier alpha value is -1.24. The number of fused-ring (bicyclic) bond motifs is 1. The molecule has 0 saturated carbocycles. The van der Waals surface area contributed by atoms with Gasteiger partial charge >= 0.3 is 0 Å². The van der Waals surface area contributed by atoms with Gasteiger partial charge in [-0.1, -0.05) is 6.92 Å². The van der Waals surface area contributed by atoms with Crippen molar-refractivity contribution in [3.63, 3.8) is 0 Å². The van der Waals surface area contributed by atoms with Gasteiger partial charge in [0.15, 0.2) is 5.82 Å². The first-order valence-corrected chi connectivity index (χ1v) is 8.28. The number of aryl methyl sites for hydroxylation is 2. The average molecular weight is 305 g/mol. The first-order chi connectivity index (χ1) is 9.99. The second kappa shape index (κ2) is 5.51. The highest BCUT2D eigenvalue weighted by molar-refractivity contribution is 7.18. The number of hydrogen-bond donors (Lipinski definition) is 2. The maximum absolute atomic E-state index is 5.67. The zero-order valence-corrected chi connectivity index (χ0v) is 13.9. The molecule has 21 heavy (non-hydrogen) atoms. The second-order valence-electron chi connectivity index (χ2n) is 6.22. The summed E-state index contributed by atoms with van der Waals surface area (Å²) in [5, 5.41) is 1.06. The molecular formula is C15H23N5S. The SMILES string of the molecule is Cc1sc2nc(CN3CC(C)CC3C)nc(NN)c2c1C. The number of anilines is 1. The molecule has 0 spiro atoms. The zero-order chi connectivity index (χ0) is 15.1. The van der Waals surface area contributed by atoms with E-state index in [1.807, 2.05) is 0 Å². The van der Waals surface area contributed by atoms with E-state index >= 15 is 0 Å². The maximum atomic E-state index is 5.67. The number of aromatic nitrogens is 2. The molecule has 0 aromatic carbocycles. The van der Waals surface area contributed by atoms with Crippen molar-refractivity contribution in [3.05, 3.63) is 16.3 Å². The van der Waals surface area contributed by atoms with Crippen LogP contribution in [0, 0.1) is 19.8 Å². The van der Waals surface area contributed by atoms with Gasteiger partial charge in [-0.2, -0.15) is 0 Å². The summed E-state index contributed by atoms with van der Waals surface area (Å²) >= 11 is 1.72. The molecule has 6 heteroatoms. The van der Waals surface area contributed by atoms with Gasteiger partial charge < -0.3 is 5.43 Å². The van der Waals surface area contributed by atoms with Crippen LogP contribution >= 0.6 is 11.3 Å². The van der Waals surface area contributed by atoms with Gasteiger partial charge in [0.1, 0.15) is 10.7 Å². The molecule has 1 saturated heterocycles. The number of nitrogen functional groups attached to an aromatic ring is 1. The van der Waals surface area contributed by atoms with Crippen LogP contribution in [0.5, 0.6) is 0 Å². The molecule has 2 aromatic rings. The minimum atomic E-state index is 0.598. The summed E-state index contributed by atoms with van der Waals surface area (Å²) in [6.45, 7) is 10.7. The third-order valence-corrected chi connectivity index (χ3v) is 5.57. The number of thiophene rings is 1. The predicted octanol–water partition coefficient (Wildman–Crippen LogP) is 2.82. The van der Waals surface area contributed by atoms with Gasteiger partial charge in [-0.3, -0.25) is 4.90 Å². The van der Waals surface area contributed by atoms with E-state index in [2.05, 4.69) is 43.0 Å². The molecule has 0 aliphatic carbocycles. The molecule has 2 unspecified atom stereocenters. The lowest BCUT2D eigenvalue weighted by Gasteiger charge is -2.20. The largest absolute Gasteiger partial charge is 0.308 e. The van der Waals surface area contributed by atoms with Crippen LogP contribution in [-0.2, 0) is 6.54 Å². The normalized spacial score (nSPS) is 23.1. The number of rotatable bonds is 3. The number of hydrazine groups is 1. The summed E-state index contributed by atoms with van der Waals surface area (Å²) < 4.78 is 0. The zero-order valence-electron chi connectivity index (χ0n) is 13.1. The molecule has 1 aliphatic heterocycles. The Labute approximate surface area is 129 Å². The Kier molecular flexibility index (Phi) is 3.86. The van der Waals surface area contributed by atoms with Crippen LogP contribution in [0.25, 0.3) is 10.2 Å². The van der Waals surface area contributed by atoms with Crippen LogP contribution in [0.4, 0.5) is 5.82 Å². The lowest BCUT2D eigenvalue weighted by molar-refractivity contribution is 0.250. The van der Waals surface area contributed by atoms with Gasteiger partial charge in [-0.25, -0.2) is 15.8 Å². The number of hydrogen-bond acceptors (Lipinski definition) is 6. The minimum Gasteiger partial charge on any atom is -0.308 e. The van der Waals surface area contributed by atoms with E-state index in [4.69, 9.17) is 10.8 Å². The highest BCUT2D eigenvalue weighted by Crippen LogP contribution is 2.33. The van der Waals surface area contributed by atoms with Crippen LogP contribution in [-0.4, -0.2) is 27.5 Å². The Balaban J connectivity index is 1.96. The van der Waals surface area contributed by atoms with E-state index in [9.17, 15) is 0 Å². The predicted molar refractivity (Wildman–Crippen MR) is 88.4 cm³/mol. The molecule has 2 aromatic heterocycles. The van der Waals surface area contributed by atoms with Crippen molar-refractivity contribution in [2.75, 3.05) is 12.0 Å². The molecule has 3 heterocycles. The molecule has 3 rings (SSSR count). The minimum absolute atomic E-state index is 0.598. The standard InChI is InChI=1S/C15H23N5S/c1-8-5-9(2)20(6-8)7-12-17-14(19-16)13-10(3)11(4)21-15(13)18-12/h8-9H,5-7,16H2,1-4H3,(H,17,18,19). The first-order valence-electron chi connectivity index (χ1n) is 7.47. The van der Waals surface area contributed by atoms with Crippen LogP contribution in [0.1, 0.15) is 36.5 Å². The third-order valence-electron chi connectivity index (χ3n) is 4.47. The molecule has 5 nitrogen and oxygen atoms in total. The van der Waals surface area contributed by atoms with Crippen molar-refractivity contribution >= 4 is 27.4 Å². The Bertz CT molecular complexity index is 666. The Morgan fingerprint density at radius 2 is 2.10 bits per heavy atom. The van der Waals surface area contributed by atoms with Crippen LogP contribution in [0.2, 0.25) is 0 Å². The van der Waals surface area contributed by atoms with Gasteiger partial charge in [-0.15, -0.1) is 11.3 Å². The van der Waals surface area contributed by atoms with E-state index in [1.165, 1.54) is 16.9 Å². The van der Waals surface area contributed by atoms with E-state index in [0.717, 1.165) is 40.9 Å². The second-order valence-corrected chi connectivity index (χ2v) is 7.42. The van der Waals surface area contributed by atoms with Crippen LogP contribution < -0.4 is 11.3 Å². The smallest absolute Gasteiger partial charge is 0.152 e. The number of likely N-dealkylation sites (tertiary alicyclic amines) is 1. The molecule has 114 valence electrons. The lowest BCUT2D eigenvalue weighted by atomic mass is 10.1. The summed E-state index contributed by atoms with van der Waals surface area (Å²) in [6.07, 6.45) is 1.25. The topological polar surface area (TPSA) is 67.1 Å². The van der Waals surface area contributed by atoms with Gasteiger partial charge in [0.25, 0.3) is 0 Å². The summed E-state index contributed by atoms with van der Waals surface area (Å²) in [5.41, 5.74) is 3.97. The van der Waals surface area contributed by atoms with Crippen molar-refractivity contribution in [2.45, 2.75) is 46.7 Å². The van der Waals surface area contributed by atoms with Crippen molar-refractivity contribution < 1.29 is 0 Å². The summed E-state index contributed by atoms with van der Waals surface area (Å²) in [4.78, 5) is 14.2. The third kappa shape index (κ3) is 2.63. The average Bonchev–Trinajstić information content (AvgIpc) is 2.89. The lowest BCUT2D eigenvalue weighted by Crippen LogP contribution is -2.27. The number of nitrogens with zero attached hydrogens (tertiary/aromatic N) is 3. The van der Waals surface area contributed by atoms with Gasteiger partial charge in [0, 0.05) is 17.5 Å². The molecule has 1 fully saturated rings. The van der Waals surface area contributed by atoms with E-state index in [-0.39, 0.29) is 0 Å². The van der Waals surface area contributed by atoms with Crippen LogP contribution in [0.15, 0.2) is 0 Å². The fraction of sp³-hybridized carbons (Fsp3) is 0.600. The fourth-order valence-electron chi connectivity index (χ4n) is 3.26. The summed E-state index contributed by atoms with van der Waals surface area (Å²) in [7, 11) is 0. The Morgan fingerprint density at radius 1 is 1.33 bits per heavy atom. The van der Waals surface area contributed by atoms with Gasteiger partial charge in [0.2, 0.25) is 0 Å². The quantitative estimate of drug-likeness (QED) is 0.674. The molecule has 3 N–H and O–H groups in total. The molecular weight excluding hydrogens is 282 g/mol. The van der Waals surface area contributed by atoms with Crippen molar-refractivity contribution in [1.82, 2.24) is 14.9 Å². The van der Waals surface area contributed by atoms with E-state index in [0.29, 0.717) is 6.04 Å². The molecule has 0 radical (unpaired) electrons.